The predicted molar refractivity (Wildman–Crippen MR) is 93.7 cm³/mol. The van der Waals surface area contributed by atoms with Gasteiger partial charge in [0.2, 0.25) is 0 Å². The molecule has 0 bridgehead atoms. The fourth-order valence-electron chi connectivity index (χ4n) is 2.37. The van der Waals surface area contributed by atoms with Crippen LogP contribution in [0, 0.1) is 0 Å². The van der Waals surface area contributed by atoms with Gasteiger partial charge in [0.05, 0.1) is 12.2 Å². The molecule has 0 aliphatic heterocycles. The first-order valence-corrected chi connectivity index (χ1v) is 8.30. The van der Waals surface area contributed by atoms with Gasteiger partial charge in [0.25, 0.3) is 0 Å². The van der Waals surface area contributed by atoms with Crippen molar-refractivity contribution >= 4 is 5.97 Å². The largest absolute Gasteiger partial charge is 0.462 e. The van der Waals surface area contributed by atoms with Gasteiger partial charge in [-0.05, 0) is 55.6 Å². The molecule has 0 saturated carbocycles. The molecule has 122 valence electrons. The van der Waals surface area contributed by atoms with Crippen molar-refractivity contribution in [1.82, 2.24) is 5.32 Å². The highest BCUT2D eigenvalue weighted by atomic mass is 16.5. The summed E-state index contributed by atoms with van der Waals surface area (Å²) in [6, 6.07) is 18.2. The molecule has 0 amide bonds. The number of nitrogens with one attached hydrogen (secondary N) is 1. The Morgan fingerprint density at radius 2 is 1.65 bits per heavy atom. The second-order valence-corrected chi connectivity index (χ2v) is 5.57. The molecule has 0 heterocycles. The third kappa shape index (κ3) is 6.25. The van der Waals surface area contributed by atoms with E-state index in [0.29, 0.717) is 12.2 Å². The fraction of sp³-hybridized carbons (Fsp3) is 0.350. The molecular formula is C20H25NO2. The number of carbonyl (C=O) groups excluding carboxylic acids is 1. The molecule has 3 heteroatoms. The molecule has 2 rings (SSSR count). The van der Waals surface area contributed by atoms with Gasteiger partial charge in [-0.3, -0.25) is 0 Å². The van der Waals surface area contributed by atoms with Crippen LogP contribution in [0.4, 0.5) is 0 Å². The van der Waals surface area contributed by atoms with Gasteiger partial charge in [-0.1, -0.05) is 49.4 Å². The second-order valence-electron chi connectivity index (χ2n) is 5.57. The van der Waals surface area contributed by atoms with E-state index in [1.165, 1.54) is 5.56 Å². The maximum Gasteiger partial charge on any atom is 0.338 e. The van der Waals surface area contributed by atoms with Gasteiger partial charge in [-0.2, -0.15) is 0 Å². The van der Waals surface area contributed by atoms with Crippen molar-refractivity contribution in [2.24, 2.45) is 0 Å². The summed E-state index contributed by atoms with van der Waals surface area (Å²) >= 11 is 0. The highest BCUT2D eigenvalue weighted by molar-refractivity contribution is 5.89. The van der Waals surface area contributed by atoms with Crippen molar-refractivity contribution < 1.29 is 9.53 Å². The normalized spacial score (nSPS) is 10.5. The number of ether oxygens (including phenoxy) is 1. The summed E-state index contributed by atoms with van der Waals surface area (Å²) in [4.78, 5) is 11.9. The molecule has 0 fully saturated rings. The summed E-state index contributed by atoms with van der Waals surface area (Å²) < 4.78 is 5.17. The van der Waals surface area contributed by atoms with Crippen LogP contribution in [0.3, 0.4) is 0 Å². The van der Waals surface area contributed by atoms with Gasteiger partial charge in [-0.25, -0.2) is 4.79 Å². The zero-order valence-electron chi connectivity index (χ0n) is 13.8. The van der Waals surface area contributed by atoms with Gasteiger partial charge in [0, 0.05) is 0 Å². The smallest absolute Gasteiger partial charge is 0.338 e. The molecular weight excluding hydrogens is 286 g/mol. The van der Waals surface area contributed by atoms with Crippen LogP contribution in [0.5, 0.6) is 0 Å². The van der Waals surface area contributed by atoms with Crippen LogP contribution in [-0.4, -0.2) is 25.7 Å². The van der Waals surface area contributed by atoms with Gasteiger partial charge >= 0.3 is 5.97 Å². The van der Waals surface area contributed by atoms with Crippen LogP contribution in [0.25, 0.3) is 0 Å². The summed E-state index contributed by atoms with van der Waals surface area (Å²) in [6.07, 6.45) is 2.78. The van der Waals surface area contributed by atoms with E-state index in [9.17, 15) is 4.79 Å². The third-order valence-corrected chi connectivity index (χ3v) is 3.62. The molecule has 0 aliphatic carbocycles. The Bertz CT molecular complexity index is 596. The van der Waals surface area contributed by atoms with Gasteiger partial charge < -0.3 is 10.1 Å². The van der Waals surface area contributed by atoms with Gasteiger partial charge in [0.15, 0.2) is 0 Å². The summed E-state index contributed by atoms with van der Waals surface area (Å²) in [5, 5.41) is 3.45. The van der Waals surface area contributed by atoms with Gasteiger partial charge in [0.1, 0.15) is 0 Å². The van der Waals surface area contributed by atoms with E-state index in [-0.39, 0.29) is 5.97 Å². The van der Waals surface area contributed by atoms with Crippen molar-refractivity contribution in [2.75, 3.05) is 19.7 Å². The van der Waals surface area contributed by atoms with Crippen molar-refractivity contribution in [3.05, 3.63) is 71.3 Å². The maximum absolute atomic E-state index is 11.9. The van der Waals surface area contributed by atoms with E-state index in [0.717, 1.165) is 37.9 Å². The molecule has 23 heavy (non-hydrogen) atoms. The Kier molecular flexibility index (Phi) is 7.34. The second kappa shape index (κ2) is 9.80. The minimum Gasteiger partial charge on any atom is -0.462 e. The van der Waals surface area contributed by atoms with E-state index in [1.807, 2.05) is 31.2 Å². The molecule has 1 N–H and O–H groups in total. The predicted octanol–water partition coefficient (Wildman–Crippen LogP) is 3.63. The van der Waals surface area contributed by atoms with E-state index in [4.69, 9.17) is 4.74 Å². The van der Waals surface area contributed by atoms with Crippen molar-refractivity contribution in [1.29, 1.82) is 0 Å². The molecule has 2 aromatic rings. The lowest BCUT2D eigenvalue weighted by atomic mass is 10.1. The van der Waals surface area contributed by atoms with Crippen LogP contribution < -0.4 is 5.32 Å². The highest BCUT2D eigenvalue weighted by Gasteiger charge is 2.06. The summed E-state index contributed by atoms with van der Waals surface area (Å²) in [5.74, 6) is -0.231. The third-order valence-electron chi connectivity index (χ3n) is 3.62. The molecule has 0 atom stereocenters. The first kappa shape index (κ1) is 17.2. The Morgan fingerprint density at radius 3 is 2.39 bits per heavy atom. The minimum absolute atomic E-state index is 0.231. The quantitative estimate of drug-likeness (QED) is 0.568. The molecule has 3 nitrogen and oxygen atoms in total. The average molecular weight is 311 g/mol. The molecule has 0 unspecified atom stereocenters. The molecule has 0 aliphatic rings. The summed E-state index contributed by atoms with van der Waals surface area (Å²) in [6.45, 7) is 4.33. The lowest BCUT2D eigenvalue weighted by Gasteiger charge is -2.07. The van der Waals surface area contributed by atoms with E-state index in [2.05, 4.69) is 35.6 Å². The average Bonchev–Trinajstić information content (AvgIpc) is 2.60. The van der Waals surface area contributed by atoms with E-state index >= 15 is 0 Å². The number of hydrogen-bond acceptors (Lipinski definition) is 3. The maximum atomic E-state index is 11.9. The Hall–Kier alpha value is -2.13. The number of hydrogen-bond donors (Lipinski definition) is 1. The SMILES string of the molecule is CCCOC(=O)c1cccc(CCNCCc2ccccc2)c1. The first-order valence-electron chi connectivity index (χ1n) is 8.30. The number of esters is 1. The molecule has 0 spiro atoms. The van der Waals surface area contributed by atoms with Crippen molar-refractivity contribution in [3.8, 4) is 0 Å². The number of benzene rings is 2. The Labute approximate surface area is 138 Å². The van der Waals surface area contributed by atoms with Crippen LogP contribution >= 0.6 is 0 Å². The first-order chi connectivity index (χ1) is 11.3. The van der Waals surface area contributed by atoms with Crippen LogP contribution in [0.2, 0.25) is 0 Å². The van der Waals surface area contributed by atoms with E-state index in [1.54, 1.807) is 0 Å². The van der Waals surface area contributed by atoms with Crippen molar-refractivity contribution in [2.45, 2.75) is 26.2 Å². The van der Waals surface area contributed by atoms with Gasteiger partial charge in [-0.15, -0.1) is 0 Å². The minimum atomic E-state index is -0.231. The highest BCUT2D eigenvalue weighted by Crippen LogP contribution is 2.08. The lowest BCUT2D eigenvalue weighted by molar-refractivity contribution is 0.0505. The topological polar surface area (TPSA) is 38.3 Å². The summed E-state index contributed by atoms with van der Waals surface area (Å²) in [5.41, 5.74) is 3.14. The Morgan fingerprint density at radius 1 is 0.957 bits per heavy atom. The van der Waals surface area contributed by atoms with E-state index < -0.39 is 0 Å². The lowest BCUT2D eigenvalue weighted by Crippen LogP contribution is -2.20. The molecule has 2 aromatic carbocycles. The van der Waals surface area contributed by atoms with Crippen LogP contribution in [-0.2, 0) is 17.6 Å². The molecule has 0 aromatic heterocycles. The van der Waals surface area contributed by atoms with Crippen molar-refractivity contribution in [3.63, 3.8) is 0 Å². The number of rotatable bonds is 9. The summed E-state index contributed by atoms with van der Waals surface area (Å²) in [7, 11) is 0. The fourth-order valence-corrected chi connectivity index (χ4v) is 2.37. The Balaban J connectivity index is 1.72. The zero-order valence-corrected chi connectivity index (χ0v) is 13.8. The van der Waals surface area contributed by atoms with Crippen LogP contribution in [0.1, 0.15) is 34.8 Å². The standard InChI is InChI=1S/C20H25NO2/c1-2-15-23-20(22)19-10-6-9-18(16-19)12-14-21-13-11-17-7-4-3-5-8-17/h3-10,16,21H,2,11-15H2,1H3. The molecule has 0 saturated heterocycles. The molecule has 0 radical (unpaired) electrons. The van der Waals surface area contributed by atoms with Crippen LogP contribution in [0.15, 0.2) is 54.6 Å². The monoisotopic (exact) mass is 311 g/mol. The zero-order chi connectivity index (χ0) is 16.3. The number of carbonyl (C=O) groups is 1.